The molecule has 2 aliphatic rings. The number of amides is 1. The summed E-state index contributed by atoms with van der Waals surface area (Å²) < 4.78 is 1.40. The van der Waals surface area contributed by atoms with E-state index in [2.05, 4.69) is 16.0 Å². The van der Waals surface area contributed by atoms with Gasteiger partial charge in [0.2, 0.25) is 5.91 Å². The minimum atomic E-state index is -0.586. The Bertz CT molecular complexity index is 1110. The van der Waals surface area contributed by atoms with Crippen molar-refractivity contribution >= 4 is 34.9 Å². The molecule has 0 radical (unpaired) electrons. The number of nitrogens with zero attached hydrogens (tertiary/aromatic N) is 3. The number of aromatic nitrogens is 2. The number of fused-ring (bicyclic) bond motifs is 1. The molecule has 33 heavy (non-hydrogen) atoms. The van der Waals surface area contributed by atoms with Crippen molar-refractivity contribution in [1.29, 1.82) is 0 Å². The van der Waals surface area contributed by atoms with Gasteiger partial charge in [-0.3, -0.25) is 24.0 Å². The summed E-state index contributed by atoms with van der Waals surface area (Å²) in [5.41, 5.74) is 6.47. The molecule has 0 unspecified atom stereocenters. The van der Waals surface area contributed by atoms with Crippen LogP contribution in [0, 0.1) is 0 Å². The van der Waals surface area contributed by atoms with Gasteiger partial charge < -0.3 is 10.6 Å². The molecular formula is C24H33N5O3S. The molecule has 0 saturated heterocycles. The van der Waals surface area contributed by atoms with Gasteiger partial charge in [0, 0.05) is 24.0 Å². The van der Waals surface area contributed by atoms with Crippen LogP contribution in [0.25, 0.3) is 0 Å². The number of benzene rings is 1. The van der Waals surface area contributed by atoms with E-state index in [1.807, 2.05) is 25.1 Å². The Morgan fingerprint density at radius 1 is 1.21 bits per heavy atom. The molecule has 0 bridgehead atoms. The molecule has 1 aromatic heterocycles. The summed E-state index contributed by atoms with van der Waals surface area (Å²) in [6.45, 7) is 3.38. The van der Waals surface area contributed by atoms with Crippen molar-refractivity contribution in [2.24, 2.45) is 0 Å². The van der Waals surface area contributed by atoms with Crippen molar-refractivity contribution in [3.05, 3.63) is 45.1 Å². The molecule has 8 nitrogen and oxygen atoms in total. The molecule has 2 heterocycles. The maximum absolute atomic E-state index is 13.8. The standard InChI is InChI=1S/C24H33N5O3S/c1-2-3-14-28-22(25)21(23(31)26-24(28)32)29(17-9-4-5-10-17)20(30)16-27-13-8-15-33-19-12-7-6-11-18(19)27/h6-7,11-12,17H,2-5,8-10,13-16,25H2,1H3,(H,26,31,32). The third-order valence-corrected chi connectivity index (χ3v) is 7.66. The van der Waals surface area contributed by atoms with Crippen LogP contribution in [0.1, 0.15) is 51.9 Å². The highest BCUT2D eigenvalue weighted by Gasteiger charge is 2.33. The summed E-state index contributed by atoms with van der Waals surface area (Å²) in [5, 5.41) is 0. The average Bonchev–Trinajstić information content (AvgIpc) is 3.25. The molecule has 1 saturated carbocycles. The molecule has 1 aliphatic heterocycles. The molecule has 0 spiro atoms. The van der Waals surface area contributed by atoms with Crippen molar-refractivity contribution < 1.29 is 4.79 Å². The SMILES string of the molecule is CCCCn1c(N)c(N(C(=O)CN2CCCSc3ccccc32)C2CCCC2)c(=O)[nH]c1=O. The zero-order valence-electron chi connectivity index (χ0n) is 19.2. The van der Waals surface area contributed by atoms with Crippen molar-refractivity contribution in [2.75, 3.05) is 34.4 Å². The van der Waals surface area contributed by atoms with Crippen molar-refractivity contribution in [1.82, 2.24) is 9.55 Å². The van der Waals surface area contributed by atoms with E-state index in [4.69, 9.17) is 5.73 Å². The Morgan fingerprint density at radius 3 is 2.73 bits per heavy atom. The number of carbonyl (C=O) groups is 1. The number of nitrogens with two attached hydrogens (primary N) is 1. The van der Waals surface area contributed by atoms with E-state index in [1.54, 1.807) is 16.7 Å². The first kappa shape index (κ1) is 23.5. The zero-order chi connectivity index (χ0) is 23.4. The van der Waals surface area contributed by atoms with Crippen LogP contribution >= 0.6 is 11.8 Å². The molecule has 1 aromatic carbocycles. The number of nitrogens with one attached hydrogen (secondary N) is 1. The Balaban J connectivity index is 1.72. The number of thioether (sulfide) groups is 1. The summed E-state index contributed by atoms with van der Waals surface area (Å²) >= 11 is 1.81. The second-order valence-corrected chi connectivity index (χ2v) is 9.93. The van der Waals surface area contributed by atoms with E-state index in [0.717, 1.165) is 62.9 Å². The van der Waals surface area contributed by atoms with Gasteiger partial charge in [0.1, 0.15) is 5.82 Å². The van der Waals surface area contributed by atoms with Crippen LogP contribution in [0.5, 0.6) is 0 Å². The largest absolute Gasteiger partial charge is 0.383 e. The Morgan fingerprint density at radius 2 is 1.97 bits per heavy atom. The minimum Gasteiger partial charge on any atom is -0.383 e. The van der Waals surface area contributed by atoms with E-state index >= 15 is 0 Å². The second-order valence-electron chi connectivity index (χ2n) is 8.79. The molecule has 1 amide bonds. The lowest BCUT2D eigenvalue weighted by atomic mass is 10.1. The first-order chi connectivity index (χ1) is 16.0. The Kier molecular flexibility index (Phi) is 7.47. The van der Waals surface area contributed by atoms with E-state index in [9.17, 15) is 14.4 Å². The minimum absolute atomic E-state index is 0.0873. The van der Waals surface area contributed by atoms with Gasteiger partial charge >= 0.3 is 5.69 Å². The van der Waals surface area contributed by atoms with Crippen molar-refractivity contribution in [3.63, 3.8) is 0 Å². The van der Waals surface area contributed by atoms with Crippen LogP contribution in [0.4, 0.5) is 17.2 Å². The van der Waals surface area contributed by atoms with Gasteiger partial charge in [0.15, 0.2) is 5.69 Å². The molecule has 4 rings (SSSR count). The van der Waals surface area contributed by atoms with Crippen LogP contribution < -0.4 is 26.8 Å². The normalized spacial score (nSPS) is 16.5. The number of hydrogen-bond acceptors (Lipinski definition) is 6. The summed E-state index contributed by atoms with van der Waals surface area (Å²) in [6.07, 6.45) is 6.28. The fourth-order valence-corrected chi connectivity index (χ4v) is 5.84. The number of para-hydroxylation sites is 1. The van der Waals surface area contributed by atoms with Gasteiger partial charge in [0.25, 0.3) is 5.56 Å². The lowest BCUT2D eigenvalue weighted by molar-refractivity contribution is -0.117. The topological polar surface area (TPSA) is 104 Å². The van der Waals surface area contributed by atoms with Gasteiger partial charge in [-0.2, -0.15) is 0 Å². The monoisotopic (exact) mass is 471 g/mol. The molecular weight excluding hydrogens is 438 g/mol. The molecule has 9 heteroatoms. The highest BCUT2D eigenvalue weighted by atomic mass is 32.2. The summed E-state index contributed by atoms with van der Waals surface area (Å²) in [4.78, 5) is 46.5. The quantitative estimate of drug-likeness (QED) is 0.643. The summed E-state index contributed by atoms with van der Waals surface area (Å²) in [5.74, 6) is 0.939. The lowest BCUT2D eigenvalue weighted by Crippen LogP contribution is -2.49. The predicted molar refractivity (Wildman–Crippen MR) is 134 cm³/mol. The summed E-state index contributed by atoms with van der Waals surface area (Å²) in [6, 6.07) is 8.05. The van der Waals surface area contributed by atoms with Crippen LogP contribution in [0.2, 0.25) is 0 Å². The van der Waals surface area contributed by atoms with Crippen LogP contribution in [-0.4, -0.2) is 40.3 Å². The first-order valence-corrected chi connectivity index (χ1v) is 12.9. The molecule has 0 atom stereocenters. The highest BCUT2D eigenvalue weighted by molar-refractivity contribution is 7.99. The Hall–Kier alpha value is -2.68. The number of nitrogen functional groups attached to an aromatic ring is 1. The molecule has 1 fully saturated rings. The maximum Gasteiger partial charge on any atom is 0.330 e. The molecule has 1 aliphatic carbocycles. The number of hydrogen-bond donors (Lipinski definition) is 2. The number of unbranched alkanes of at least 4 members (excludes halogenated alkanes) is 1. The fraction of sp³-hybridized carbons (Fsp3) is 0.542. The number of H-pyrrole nitrogens is 1. The third-order valence-electron chi connectivity index (χ3n) is 6.51. The molecule has 178 valence electrons. The van der Waals surface area contributed by atoms with E-state index < -0.39 is 11.2 Å². The predicted octanol–water partition coefficient (Wildman–Crippen LogP) is 3.20. The third kappa shape index (κ3) is 4.98. The first-order valence-electron chi connectivity index (χ1n) is 11.9. The lowest BCUT2D eigenvalue weighted by Gasteiger charge is -2.33. The zero-order valence-corrected chi connectivity index (χ0v) is 20.0. The fourth-order valence-electron chi connectivity index (χ4n) is 4.82. The van der Waals surface area contributed by atoms with Gasteiger partial charge in [-0.15, -0.1) is 11.8 Å². The highest BCUT2D eigenvalue weighted by Crippen LogP contribution is 2.34. The Labute approximate surface area is 198 Å². The van der Waals surface area contributed by atoms with E-state index in [1.165, 1.54) is 9.46 Å². The maximum atomic E-state index is 13.8. The molecule has 3 N–H and O–H groups in total. The number of anilines is 3. The number of rotatable bonds is 7. The average molecular weight is 472 g/mol. The summed E-state index contributed by atoms with van der Waals surface area (Å²) in [7, 11) is 0. The van der Waals surface area contributed by atoms with E-state index in [0.29, 0.717) is 6.54 Å². The van der Waals surface area contributed by atoms with Crippen LogP contribution in [-0.2, 0) is 11.3 Å². The van der Waals surface area contributed by atoms with Gasteiger partial charge in [-0.05, 0) is 43.6 Å². The van der Waals surface area contributed by atoms with Gasteiger partial charge in [-0.25, -0.2) is 4.79 Å². The van der Waals surface area contributed by atoms with Crippen molar-refractivity contribution in [3.8, 4) is 0 Å². The van der Waals surface area contributed by atoms with Crippen LogP contribution in [0.15, 0.2) is 38.8 Å². The van der Waals surface area contributed by atoms with Crippen molar-refractivity contribution in [2.45, 2.75) is 69.4 Å². The molecule has 2 aromatic rings. The van der Waals surface area contributed by atoms with Gasteiger partial charge in [0.05, 0.1) is 12.2 Å². The van der Waals surface area contributed by atoms with E-state index in [-0.39, 0.29) is 30.0 Å². The smallest absolute Gasteiger partial charge is 0.330 e. The second kappa shape index (κ2) is 10.5. The number of aromatic amines is 1. The van der Waals surface area contributed by atoms with Gasteiger partial charge in [-0.1, -0.05) is 38.3 Å². The van der Waals surface area contributed by atoms with Crippen LogP contribution in [0.3, 0.4) is 0 Å². The number of carbonyl (C=O) groups excluding carboxylic acids is 1.